The summed E-state index contributed by atoms with van der Waals surface area (Å²) < 4.78 is 32.6. The molecule has 6 N–H and O–H groups in total. The summed E-state index contributed by atoms with van der Waals surface area (Å²) in [6.07, 6.45) is 5.58. The predicted molar refractivity (Wildman–Crippen MR) is 166 cm³/mol. The van der Waals surface area contributed by atoms with E-state index in [2.05, 4.69) is 6.92 Å². The first-order valence-corrected chi connectivity index (χ1v) is 18.3. The van der Waals surface area contributed by atoms with Gasteiger partial charge in [0, 0.05) is 12.8 Å². The number of carbonyl (C=O) groups excluding carboxylic acids is 2. The van der Waals surface area contributed by atoms with Crippen molar-refractivity contribution in [3.8, 4) is 0 Å². The average Bonchev–Trinajstić information content (AvgIpc) is 3.00. The van der Waals surface area contributed by atoms with Crippen LogP contribution in [0.1, 0.15) is 129 Å². The fourth-order valence-electron chi connectivity index (χ4n) is 5.15. The largest absolute Gasteiger partial charge is 0.472 e. The molecule has 1 fully saturated rings. The third kappa shape index (κ3) is 18.1. The van der Waals surface area contributed by atoms with E-state index in [9.17, 15) is 44.6 Å². The lowest BCUT2D eigenvalue weighted by atomic mass is 9.85. The molecule has 0 aliphatic heterocycles. The van der Waals surface area contributed by atoms with Crippen LogP contribution in [0.5, 0.6) is 0 Å². The average molecular weight is 671 g/mol. The highest BCUT2D eigenvalue weighted by molar-refractivity contribution is 7.47. The van der Waals surface area contributed by atoms with Crippen molar-refractivity contribution in [3.63, 3.8) is 0 Å². The molecule has 0 aromatic heterocycles. The van der Waals surface area contributed by atoms with Crippen molar-refractivity contribution in [2.45, 2.75) is 172 Å². The van der Waals surface area contributed by atoms with Crippen LogP contribution in [0.4, 0.5) is 0 Å². The second kappa shape index (κ2) is 24.1. The lowest BCUT2D eigenvalue weighted by Crippen LogP contribution is -2.64. The van der Waals surface area contributed by atoms with E-state index < -0.39 is 75.7 Å². The highest BCUT2D eigenvalue weighted by Crippen LogP contribution is 2.47. The minimum atomic E-state index is -5.07. The first-order valence-electron chi connectivity index (χ1n) is 16.8. The van der Waals surface area contributed by atoms with Gasteiger partial charge in [-0.25, -0.2) is 4.57 Å². The number of unbranched alkanes of at least 4 members (excludes halogenated alkanes) is 14. The molecule has 13 nitrogen and oxygen atoms in total. The summed E-state index contributed by atoms with van der Waals surface area (Å²) in [5, 5.41) is 49.3. The summed E-state index contributed by atoms with van der Waals surface area (Å²) in [5.74, 6) is -1.16. The smallest absolute Gasteiger partial charge is 0.462 e. The summed E-state index contributed by atoms with van der Waals surface area (Å²) in [6, 6.07) is 0. The molecule has 266 valence electrons. The Kier molecular flexibility index (Phi) is 22.4. The second-order valence-electron chi connectivity index (χ2n) is 12.0. The van der Waals surface area contributed by atoms with E-state index in [1.165, 1.54) is 70.6 Å². The maximum absolute atomic E-state index is 12.5. The topological polar surface area (TPSA) is 210 Å². The number of phosphoric acid groups is 1. The van der Waals surface area contributed by atoms with E-state index in [0.717, 1.165) is 19.3 Å². The van der Waals surface area contributed by atoms with Gasteiger partial charge in [-0.2, -0.15) is 0 Å². The zero-order valence-electron chi connectivity index (χ0n) is 27.2. The van der Waals surface area contributed by atoms with E-state index in [-0.39, 0.29) is 12.8 Å². The summed E-state index contributed by atoms with van der Waals surface area (Å²) >= 11 is 0. The fraction of sp³-hybridized carbons (Fsp3) is 0.935. The van der Waals surface area contributed by atoms with Crippen LogP contribution in [-0.4, -0.2) is 98.3 Å². The van der Waals surface area contributed by atoms with Crippen LogP contribution in [0.3, 0.4) is 0 Å². The number of phosphoric ester groups is 1. The third-order valence-corrected chi connectivity index (χ3v) is 8.90. The molecule has 0 bridgehead atoms. The number of ether oxygens (including phenoxy) is 2. The SMILES string of the molecule is CCCCCCCCCCCCCCCCCC(=O)OCC(COP(=O)(O)OC1[C@H](O)[C@H](O)C(O)[C@H](O)[C@H]1O)OC(=O)CCC. The van der Waals surface area contributed by atoms with Gasteiger partial charge in [-0.05, 0) is 12.8 Å². The van der Waals surface area contributed by atoms with Gasteiger partial charge >= 0.3 is 19.8 Å². The zero-order chi connectivity index (χ0) is 33.7. The minimum absolute atomic E-state index is 0.0510. The zero-order valence-corrected chi connectivity index (χ0v) is 28.1. The van der Waals surface area contributed by atoms with Gasteiger partial charge in [0.05, 0.1) is 6.61 Å². The predicted octanol–water partition coefficient (Wildman–Crippen LogP) is 3.82. The Morgan fingerprint density at radius 1 is 0.600 bits per heavy atom. The number of rotatable bonds is 26. The van der Waals surface area contributed by atoms with Crippen molar-refractivity contribution in [1.29, 1.82) is 0 Å². The molecular weight excluding hydrogens is 611 g/mol. The number of carbonyl (C=O) groups is 2. The molecule has 0 amide bonds. The summed E-state index contributed by atoms with van der Waals surface area (Å²) in [5.41, 5.74) is 0. The van der Waals surface area contributed by atoms with Crippen molar-refractivity contribution in [2.75, 3.05) is 13.2 Å². The molecule has 1 aliphatic rings. The number of aliphatic hydroxyl groups excluding tert-OH is 5. The first kappa shape index (κ1) is 41.9. The number of hydrogen-bond donors (Lipinski definition) is 6. The molecule has 14 heteroatoms. The standard InChI is InChI=1S/C31H59O13P/c1-3-5-6-7-8-9-10-11-12-13-14-15-16-17-18-20-24(32)41-21-23(43-25(33)19-4-2)22-42-45(39,40)44-31-29(37)27(35)26(34)28(36)30(31)38/h23,26-31,34-38H,3-22H2,1-2H3,(H,39,40)/t23?,26?,27-,28+,29-,30-,31?/m1/s1. The van der Waals surface area contributed by atoms with Gasteiger partial charge in [0.25, 0.3) is 0 Å². The van der Waals surface area contributed by atoms with Crippen LogP contribution in [0.15, 0.2) is 0 Å². The third-order valence-electron chi connectivity index (χ3n) is 7.92. The van der Waals surface area contributed by atoms with Crippen molar-refractivity contribution in [2.24, 2.45) is 0 Å². The first-order chi connectivity index (χ1) is 21.4. The Labute approximate surface area is 268 Å². The molecule has 0 spiro atoms. The van der Waals surface area contributed by atoms with Crippen LogP contribution in [0, 0.1) is 0 Å². The van der Waals surface area contributed by atoms with Crippen LogP contribution in [0.2, 0.25) is 0 Å². The van der Waals surface area contributed by atoms with Crippen LogP contribution in [0.25, 0.3) is 0 Å². The second-order valence-corrected chi connectivity index (χ2v) is 13.4. The van der Waals surface area contributed by atoms with Gasteiger partial charge < -0.3 is 39.9 Å². The van der Waals surface area contributed by atoms with Gasteiger partial charge in [0.15, 0.2) is 6.10 Å². The van der Waals surface area contributed by atoms with Crippen molar-refractivity contribution in [1.82, 2.24) is 0 Å². The van der Waals surface area contributed by atoms with Crippen LogP contribution >= 0.6 is 7.82 Å². The van der Waals surface area contributed by atoms with Crippen molar-refractivity contribution >= 4 is 19.8 Å². The summed E-state index contributed by atoms with van der Waals surface area (Å²) in [6.45, 7) is 2.81. The lowest BCUT2D eigenvalue weighted by Gasteiger charge is -2.41. The Bertz CT molecular complexity index is 828. The molecule has 0 aromatic carbocycles. The van der Waals surface area contributed by atoms with E-state index in [0.29, 0.717) is 12.8 Å². The van der Waals surface area contributed by atoms with E-state index in [1.807, 2.05) is 0 Å². The van der Waals surface area contributed by atoms with Gasteiger partial charge in [-0.15, -0.1) is 0 Å². The normalized spacial score (nSPS) is 25.4. The van der Waals surface area contributed by atoms with E-state index in [1.54, 1.807) is 6.92 Å². The molecule has 1 aliphatic carbocycles. The van der Waals surface area contributed by atoms with Crippen molar-refractivity contribution < 1.29 is 63.1 Å². The Morgan fingerprint density at radius 3 is 1.51 bits per heavy atom. The molecule has 0 radical (unpaired) electrons. The molecule has 8 atom stereocenters. The van der Waals surface area contributed by atoms with E-state index in [4.69, 9.17) is 18.5 Å². The maximum Gasteiger partial charge on any atom is 0.472 e. The summed E-state index contributed by atoms with van der Waals surface area (Å²) in [7, 11) is -5.07. The van der Waals surface area contributed by atoms with Crippen molar-refractivity contribution in [3.05, 3.63) is 0 Å². The Morgan fingerprint density at radius 2 is 1.04 bits per heavy atom. The Hall–Kier alpha value is -1.15. The minimum Gasteiger partial charge on any atom is -0.462 e. The maximum atomic E-state index is 12.5. The van der Waals surface area contributed by atoms with Gasteiger partial charge in [-0.1, -0.05) is 104 Å². The molecule has 0 saturated heterocycles. The lowest BCUT2D eigenvalue weighted by molar-refractivity contribution is -0.220. The highest BCUT2D eigenvalue weighted by Gasteiger charge is 2.51. The molecule has 0 aromatic rings. The highest BCUT2D eigenvalue weighted by atomic mass is 31.2. The van der Waals surface area contributed by atoms with Gasteiger partial charge in [0.2, 0.25) is 0 Å². The Balaban J connectivity index is 2.33. The van der Waals surface area contributed by atoms with Crippen LogP contribution < -0.4 is 0 Å². The van der Waals surface area contributed by atoms with Crippen LogP contribution in [-0.2, 0) is 32.7 Å². The fourth-order valence-corrected chi connectivity index (χ4v) is 6.12. The summed E-state index contributed by atoms with van der Waals surface area (Å²) in [4.78, 5) is 34.4. The van der Waals surface area contributed by atoms with Gasteiger partial charge in [-0.3, -0.25) is 18.6 Å². The van der Waals surface area contributed by atoms with Gasteiger partial charge in [0.1, 0.15) is 43.2 Å². The molecule has 1 rings (SSSR count). The molecule has 4 unspecified atom stereocenters. The molecular formula is C31H59O13P. The molecule has 1 saturated carbocycles. The van der Waals surface area contributed by atoms with E-state index >= 15 is 0 Å². The number of aliphatic hydroxyl groups is 5. The molecule has 0 heterocycles. The quantitative estimate of drug-likeness (QED) is 0.0440. The molecule has 45 heavy (non-hydrogen) atoms. The number of hydrogen-bond acceptors (Lipinski definition) is 12. The monoisotopic (exact) mass is 670 g/mol. The number of esters is 2.